The van der Waals surface area contributed by atoms with Crippen molar-refractivity contribution in [2.24, 2.45) is 0 Å². The molecule has 0 saturated carbocycles. The Morgan fingerprint density at radius 1 is 1.38 bits per heavy atom. The van der Waals surface area contributed by atoms with E-state index >= 15 is 0 Å². The number of rotatable bonds is 4. The molecule has 0 aromatic heterocycles. The third-order valence-corrected chi connectivity index (χ3v) is 1.79. The molecule has 0 aliphatic rings. The lowest BCUT2D eigenvalue weighted by molar-refractivity contribution is -0.384. The monoisotopic (exact) mass is 234 g/mol. The maximum Gasteiger partial charge on any atom is 0.390 e. The van der Waals surface area contributed by atoms with Crippen LogP contribution in [0.5, 0.6) is 0 Å². The molecular weight excluding hydrogens is 225 g/mol. The average Bonchev–Trinajstić information content (AvgIpc) is 2.16. The van der Waals surface area contributed by atoms with Crippen LogP contribution in [0.15, 0.2) is 24.3 Å². The van der Waals surface area contributed by atoms with Crippen molar-refractivity contribution >= 4 is 11.4 Å². The normalized spacial score (nSPS) is 11.2. The van der Waals surface area contributed by atoms with Gasteiger partial charge in [-0.2, -0.15) is 13.2 Å². The van der Waals surface area contributed by atoms with Crippen LogP contribution in [0.1, 0.15) is 6.42 Å². The molecule has 0 unspecified atom stereocenters. The third kappa shape index (κ3) is 4.16. The number of nitro groups is 1. The summed E-state index contributed by atoms with van der Waals surface area (Å²) in [5.41, 5.74) is 0.149. The first-order chi connectivity index (χ1) is 7.38. The number of nitrogens with one attached hydrogen (secondary N) is 1. The van der Waals surface area contributed by atoms with E-state index in [0.29, 0.717) is 5.69 Å². The molecule has 7 heteroatoms. The minimum Gasteiger partial charge on any atom is -0.385 e. The van der Waals surface area contributed by atoms with Gasteiger partial charge in [0, 0.05) is 24.4 Å². The molecule has 1 N–H and O–H groups in total. The van der Waals surface area contributed by atoms with Gasteiger partial charge in [0.1, 0.15) is 0 Å². The van der Waals surface area contributed by atoms with E-state index in [-0.39, 0.29) is 12.2 Å². The van der Waals surface area contributed by atoms with Crippen molar-refractivity contribution in [3.63, 3.8) is 0 Å². The van der Waals surface area contributed by atoms with Crippen LogP contribution in [-0.4, -0.2) is 17.6 Å². The van der Waals surface area contributed by atoms with Crippen LogP contribution in [-0.2, 0) is 0 Å². The number of alkyl halides is 3. The molecule has 0 aliphatic carbocycles. The predicted octanol–water partition coefficient (Wildman–Crippen LogP) is 2.96. The lowest BCUT2D eigenvalue weighted by Crippen LogP contribution is -2.14. The first kappa shape index (κ1) is 12.3. The number of nitrogens with zero attached hydrogens (tertiary/aromatic N) is 1. The van der Waals surface area contributed by atoms with Gasteiger partial charge in [0.05, 0.1) is 11.3 Å². The van der Waals surface area contributed by atoms with E-state index in [2.05, 4.69) is 5.32 Å². The third-order valence-electron chi connectivity index (χ3n) is 1.79. The number of nitro benzene ring substituents is 1. The van der Waals surface area contributed by atoms with Crippen molar-refractivity contribution in [2.45, 2.75) is 12.6 Å². The number of hydrogen-bond acceptors (Lipinski definition) is 3. The Labute approximate surface area is 89.2 Å². The fourth-order valence-corrected chi connectivity index (χ4v) is 1.08. The van der Waals surface area contributed by atoms with E-state index < -0.39 is 17.5 Å². The Balaban J connectivity index is 2.55. The highest BCUT2D eigenvalue weighted by atomic mass is 19.4. The molecule has 0 fully saturated rings. The van der Waals surface area contributed by atoms with Crippen LogP contribution in [0.25, 0.3) is 0 Å². The Hall–Kier alpha value is -1.79. The van der Waals surface area contributed by atoms with Gasteiger partial charge in [-0.05, 0) is 6.07 Å². The highest BCUT2D eigenvalue weighted by molar-refractivity contribution is 5.50. The Morgan fingerprint density at radius 2 is 2.06 bits per heavy atom. The minimum absolute atomic E-state index is 0.156. The fraction of sp³-hybridized carbons (Fsp3) is 0.333. The summed E-state index contributed by atoms with van der Waals surface area (Å²) in [6, 6.07) is 5.35. The van der Waals surface area contributed by atoms with Gasteiger partial charge in [0.25, 0.3) is 5.69 Å². The summed E-state index contributed by atoms with van der Waals surface area (Å²) in [5, 5.41) is 12.9. The first-order valence-corrected chi connectivity index (χ1v) is 4.43. The van der Waals surface area contributed by atoms with Crippen LogP contribution in [0.4, 0.5) is 24.5 Å². The topological polar surface area (TPSA) is 55.2 Å². The first-order valence-electron chi connectivity index (χ1n) is 4.43. The second-order valence-electron chi connectivity index (χ2n) is 3.10. The molecule has 1 aromatic rings. The summed E-state index contributed by atoms with van der Waals surface area (Å²) in [7, 11) is 0. The molecule has 0 amide bonds. The van der Waals surface area contributed by atoms with Crippen molar-refractivity contribution in [3.8, 4) is 0 Å². The molecule has 0 bridgehead atoms. The quantitative estimate of drug-likeness (QED) is 0.643. The fourth-order valence-electron chi connectivity index (χ4n) is 1.08. The summed E-state index contributed by atoms with van der Waals surface area (Å²) < 4.78 is 35.5. The van der Waals surface area contributed by atoms with Crippen molar-refractivity contribution in [1.82, 2.24) is 0 Å². The van der Waals surface area contributed by atoms with Gasteiger partial charge in [-0.25, -0.2) is 0 Å². The molecule has 4 nitrogen and oxygen atoms in total. The zero-order chi connectivity index (χ0) is 12.2. The molecule has 1 aromatic carbocycles. The van der Waals surface area contributed by atoms with Crippen LogP contribution in [0.2, 0.25) is 0 Å². The minimum atomic E-state index is -4.23. The number of anilines is 1. The molecule has 1 rings (SSSR count). The van der Waals surface area contributed by atoms with Crippen LogP contribution >= 0.6 is 0 Å². The van der Waals surface area contributed by atoms with E-state index in [1.54, 1.807) is 0 Å². The predicted molar refractivity (Wildman–Crippen MR) is 52.3 cm³/mol. The molecule has 0 atom stereocenters. The van der Waals surface area contributed by atoms with Crippen LogP contribution < -0.4 is 5.32 Å². The average molecular weight is 234 g/mol. The SMILES string of the molecule is O=[N+]([O-])c1cccc(NCCC(F)(F)F)c1. The molecule has 0 saturated heterocycles. The Morgan fingerprint density at radius 3 is 2.62 bits per heavy atom. The maximum atomic E-state index is 11.8. The van der Waals surface area contributed by atoms with Gasteiger partial charge >= 0.3 is 6.18 Å². The van der Waals surface area contributed by atoms with Gasteiger partial charge in [-0.3, -0.25) is 10.1 Å². The van der Waals surface area contributed by atoms with Gasteiger partial charge < -0.3 is 5.32 Å². The number of hydrogen-bond donors (Lipinski definition) is 1. The number of non-ortho nitro benzene ring substituents is 1. The lowest BCUT2D eigenvalue weighted by Gasteiger charge is -2.08. The second kappa shape index (κ2) is 4.82. The summed E-state index contributed by atoms with van der Waals surface area (Å²) in [4.78, 5) is 9.78. The van der Waals surface area contributed by atoms with E-state index in [9.17, 15) is 23.3 Å². The number of halogens is 3. The van der Waals surface area contributed by atoms with Crippen molar-refractivity contribution < 1.29 is 18.1 Å². The Kier molecular flexibility index (Phi) is 3.70. The van der Waals surface area contributed by atoms with E-state index in [4.69, 9.17) is 0 Å². The molecule has 0 aliphatic heterocycles. The molecule has 0 radical (unpaired) electrons. The van der Waals surface area contributed by atoms with Gasteiger partial charge in [0.2, 0.25) is 0 Å². The smallest absolute Gasteiger partial charge is 0.385 e. The highest BCUT2D eigenvalue weighted by Crippen LogP contribution is 2.21. The van der Waals surface area contributed by atoms with Gasteiger partial charge in [-0.15, -0.1) is 0 Å². The van der Waals surface area contributed by atoms with Crippen LogP contribution in [0.3, 0.4) is 0 Å². The zero-order valence-corrected chi connectivity index (χ0v) is 8.12. The molecule has 0 spiro atoms. The van der Waals surface area contributed by atoms with E-state index in [0.717, 1.165) is 0 Å². The van der Waals surface area contributed by atoms with Crippen LogP contribution in [0, 0.1) is 10.1 Å². The van der Waals surface area contributed by atoms with Gasteiger partial charge in [-0.1, -0.05) is 6.07 Å². The molecule has 0 heterocycles. The lowest BCUT2D eigenvalue weighted by atomic mass is 10.2. The van der Waals surface area contributed by atoms with Crippen molar-refractivity contribution in [1.29, 1.82) is 0 Å². The van der Waals surface area contributed by atoms with E-state index in [1.807, 2.05) is 0 Å². The molecule has 16 heavy (non-hydrogen) atoms. The van der Waals surface area contributed by atoms with Crippen molar-refractivity contribution in [2.75, 3.05) is 11.9 Å². The molecular formula is C9H9F3N2O2. The Bertz CT molecular complexity index is 379. The van der Waals surface area contributed by atoms with Gasteiger partial charge in [0.15, 0.2) is 0 Å². The highest BCUT2D eigenvalue weighted by Gasteiger charge is 2.26. The zero-order valence-electron chi connectivity index (χ0n) is 8.12. The van der Waals surface area contributed by atoms with E-state index in [1.165, 1.54) is 24.3 Å². The maximum absolute atomic E-state index is 11.8. The second-order valence-corrected chi connectivity index (χ2v) is 3.10. The molecule has 88 valence electrons. The largest absolute Gasteiger partial charge is 0.390 e. The van der Waals surface area contributed by atoms with Crippen molar-refractivity contribution in [3.05, 3.63) is 34.4 Å². The standard InChI is InChI=1S/C9H9F3N2O2/c10-9(11,12)4-5-13-7-2-1-3-8(6-7)14(15)16/h1-3,6,13H,4-5H2. The number of benzene rings is 1. The summed E-state index contributed by atoms with van der Waals surface area (Å²) in [5.74, 6) is 0. The summed E-state index contributed by atoms with van der Waals surface area (Å²) in [6.45, 7) is -0.301. The summed E-state index contributed by atoms with van der Waals surface area (Å²) >= 11 is 0. The summed E-state index contributed by atoms with van der Waals surface area (Å²) in [6.07, 6.45) is -5.20.